The Morgan fingerprint density at radius 3 is 2.14 bits per heavy atom. The number of rotatable bonds is 6. The van der Waals surface area contributed by atoms with E-state index in [1.165, 1.54) is 0 Å². The molecule has 2 atom stereocenters. The number of nitrogens with two attached hydrogens (primary N) is 2. The molecule has 0 aromatic heterocycles. The minimum Gasteiger partial charge on any atom is -0.383 e. The van der Waals surface area contributed by atoms with Crippen molar-refractivity contribution in [3.63, 3.8) is 0 Å². The summed E-state index contributed by atoms with van der Waals surface area (Å²) in [6.07, 6.45) is -1.03. The van der Waals surface area contributed by atoms with E-state index in [4.69, 9.17) is 11.5 Å². The molecule has 22 heavy (non-hydrogen) atoms. The lowest BCUT2D eigenvalue weighted by Gasteiger charge is -2.23. The van der Waals surface area contributed by atoms with Gasteiger partial charge in [0.05, 0.1) is 0 Å². The minimum absolute atomic E-state index is 0.281. The van der Waals surface area contributed by atoms with E-state index in [0.717, 1.165) is 5.56 Å². The predicted octanol–water partition coefficient (Wildman–Crippen LogP) is 0.958. The SMILES string of the molecule is NC(=O)c1ccccc1C(Cc1ccccc1)C(O)C(N)=O. The van der Waals surface area contributed by atoms with E-state index in [1.54, 1.807) is 24.3 Å². The van der Waals surface area contributed by atoms with Gasteiger partial charge in [-0.15, -0.1) is 0 Å². The first-order valence-corrected chi connectivity index (χ1v) is 6.90. The summed E-state index contributed by atoms with van der Waals surface area (Å²) in [6.45, 7) is 0. The van der Waals surface area contributed by atoms with Crippen LogP contribution in [-0.2, 0) is 11.2 Å². The number of carbonyl (C=O) groups is 2. The van der Waals surface area contributed by atoms with Crippen LogP contribution in [-0.4, -0.2) is 23.0 Å². The van der Waals surface area contributed by atoms with Gasteiger partial charge in [0.2, 0.25) is 11.8 Å². The number of carbonyl (C=O) groups excluding carboxylic acids is 2. The lowest BCUT2D eigenvalue weighted by Crippen LogP contribution is -2.36. The van der Waals surface area contributed by atoms with Gasteiger partial charge in [-0.05, 0) is 23.6 Å². The van der Waals surface area contributed by atoms with Crippen LogP contribution in [0.4, 0.5) is 0 Å². The predicted molar refractivity (Wildman–Crippen MR) is 83.0 cm³/mol. The number of aliphatic hydroxyl groups excluding tert-OH is 1. The molecular weight excluding hydrogens is 280 g/mol. The van der Waals surface area contributed by atoms with Gasteiger partial charge in [0.15, 0.2) is 0 Å². The van der Waals surface area contributed by atoms with Crippen molar-refractivity contribution < 1.29 is 14.7 Å². The Balaban J connectivity index is 2.45. The summed E-state index contributed by atoms with van der Waals surface area (Å²) in [6, 6.07) is 16.0. The second-order valence-corrected chi connectivity index (χ2v) is 5.09. The zero-order valence-corrected chi connectivity index (χ0v) is 12.0. The second-order valence-electron chi connectivity index (χ2n) is 5.09. The van der Waals surface area contributed by atoms with E-state index >= 15 is 0 Å². The largest absolute Gasteiger partial charge is 0.383 e. The van der Waals surface area contributed by atoms with E-state index in [0.29, 0.717) is 12.0 Å². The molecule has 5 heteroatoms. The number of primary amides is 2. The van der Waals surface area contributed by atoms with E-state index in [2.05, 4.69) is 0 Å². The Morgan fingerprint density at radius 1 is 0.955 bits per heavy atom. The minimum atomic E-state index is -1.40. The van der Waals surface area contributed by atoms with Crippen LogP contribution in [0.15, 0.2) is 54.6 Å². The smallest absolute Gasteiger partial charge is 0.248 e. The van der Waals surface area contributed by atoms with Gasteiger partial charge in [-0.2, -0.15) is 0 Å². The van der Waals surface area contributed by atoms with Crippen molar-refractivity contribution in [2.75, 3.05) is 0 Å². The topological polar surface area (TPSA) is 106 Å². The Morgan fingerprint density at radius 2 is 1.55 bits per heavy atom. The third-order valence-corrected chi connectivity index (χ3v) is 3.60. The van der Waals surface area contributed by atoms with Crippen molar-refractivity contribution in [2.45, 2.75) is 18.4 Å². The second kappa shape index (κ2) is 6.87. The van der Waals surface area contributed by atoms with E-state index in [9.17, 15) is 14.7 Å². The summed E-state index contributed by atoms with van der Waals surface area (Å²) in [5, 5.41) is 10.2. The van der Waals surface area contributed by atoms with Crippen LogP contribution in [0, 0.1) is 0 Å². The van der Waals surface area contributed by atoms with Crippen molar-refractivity contribution in [3.05, 3.63) is 71.3 Å². The Kier molecular flexibility index (Phi) is 4.91. The van der Waals surface area contributed by atoms with E-state index < -0.39 is 23.8 Å². The average molecular weight is 298 g/mol. The maximum absolute atomic E-state index is 11.6. The maximum atomic E-state index is 11.6. The van der Waals surface area contributed by atoms with Crippen LogP contribution in [0.2, 0.25) is 0 Å². The molecule has 0 bridgehead atoms. The van der Waals surface area contributed by atoms with Gasteiger partial charge in [-0.3, -0.25) is 9.59 Å². The van der Waals surface area contributed by atoms with Crippen LogP contribution in [0.25, 0.3) is 0 Å². The maximum Gasteiger partial charge on any atom is 0.248 e. The Hall–Kier alpha value is -2.66. The van der Waals surface area contributed by atoms with Crippen molar-refractivity contribution in [1.29, 1.82) is 0 Å². The molecule has 0 spiro atoms. The van der Waals surface area contributed by atoms with Crippen molar-refractivity contribution >= 4 is 11.8 Å². The molecule has 0 heterocycles. The van der Waals surface area contributed by atoms with Gasteiger partial charge >= 0.3 is 0 Å². The fraction of sp³-hybridized carbons (Fsp3) is 0.176. The normalized spacial score (nSPS) is 13.3. The van der Waals surface area contributed by atoms with Crippen LogP contribution < -0.4 is 11.5 Å². The first kappa shape index (κ1) is 15.7. The van der Waals surface area contributed by atoms with Gasteiger partial charge in [-0.1, -0.05) is 48.5 Å². The molecule has 2 unspecified atom stereocenters. The van der Waals surface area contributed by atoms with Crippen LogP contribution >= 0.6 is 0 Å². The molecule has 5 nitrogen and oxygen atoms in total. The van der Waals surface area contributed by atoms with Gasteiger partial charge < -0.3 is 16.6 Å². The highest BCUT2D eigenvalue weighted by molar-refractivity contribution is 5.95. The highest BCUT2D eigenvalue weighted by Crippen LogP contribution is 2.27. The van der Waals surface area contributed by atoms with Gasteiger partial charge in [-0.25, -0.2) is 0 Å². The highest BCUT2D eigenvalue weighted by Gasteiger charge is 2.28. The number of amides is 2. The summed E-state index contributed by atoms with van der Waals surface area (Å²) in [5.41, 5.74) is 12.4. The van der Waals surface area contributed by atoms with E-state index in [1.807, 2.05) is 30.3 Å². The molecule has 0 radical (unpaired) electrons. The molecule has 114 valence electrons. The third-order valence-electron chi connectivity index (χ3n) is 3.60. The summed E-state index contributed by atoms with van der Waals surface area (Å²) >= 11 is 0. The first-order chi connectivity index (χ1) is 10.5. The first-order valence-electron chi connectivity index (χ1n) is 6.90. The summed E-state index contributed by atoms with van der Waals surface area (Å²) in [4.78, 5) is 23.0. The van der Waals surface area contributed by atoms with E-state index in [-0.39, 0.29) is 5.56 Å². The number of aliphatic hydroxyl groups is 1. The molecule has 0 saturated heterocycles. The zero-order valence-electron chi connectivity index (χ0n) is 12.0. The zero-order chi connectivity index (χ0) is 16.1. The number of hydrogen-bond donors (Lipinski definition) is 3. The Bertz CT molecular complexity index is 671. The molecule has 0 fully saturated rings. The molecule has 2 amide bonds. The molecule has 5 N–H and O–H groups in total. The fourth-order valence-electron chi connectivity index (χ4n) is 2.50. The van der Waals surface area contributed by atoms with Crippen molar-refractivity contribution in [1.82, 2.24) is 0 Å². The quantitative estimate of drug-likeness (QED) is 0.739. The van der Waals surface area contributed by atoms with Gasteiger partial charge in [0.25, 0.3) is 0 Å². The summed E-state index contributed by atoms with van der Waals surface area (Å²) in [7, 11) is 0. The van der Waals surface area contributed by atoms with Gasteiger partial charge in [0, 0.05) is 11.5 Å². The lowest BCUT2D eigenvalue weighted by molar-refractivity contribution is -0.127. The monoisotopic (exact) mass is 298 g/mol. The molecule has 0 aliphatic rings. The molecular formula is C17H18N2O3. The van der Waals surface area contributed by atoms with Gasteiger partial charge in [0.1, 0.15) is 6.10 Å². The highest BCUT2D eigenvalue weighted by atomic mass is 16.3. The molecule has 0 aliphatic heterocycles. The molecule has 2 aromatic rings. The lowest BCUT2D eigenvalue weighted by atomic mass is 9.84. The average Bonchev–Trinajstić information content (AvgIpc) is 2.53. The Labute approximate surface area is 128 Å². The summed E-state index contributed by atoms with van der Waals surface area (Å²) in [5.74, 6) is -2.07. The van der Waals surface area contributed by atoms with Crippen LogP contribution in [0.1, 0.15) is 27.4 Å². The third kappa shape index (κ3) is 3.51. The molecule has 2 aromatic carbocycles. The van der Waals surface area contributed by atoms with Crippen molar-refractivity contribution in [3.8, 4) is 0 Å². The summed E-state index contributed by atoms with van der Waals surface area (Å²) < 4.78 is 0. The molecule has 0 aliphatic carbocycles. The fourth-order valence-corrected chi connectivity index (χ4v) is 2.50. The standard InChI is InChI=1S/C17H18N2O3/c18-16(21)13-9-5-4-8-12(13)14(15(20)17(19)22)10-11-6-2-1-3-7-11/h1-9,14-15,20H,10H2,(H2,18,21)(H2,19,22). The van der Waals surface area contributed by atoms with Crippen LogP contribution in [0.5, 0.6) is 0 Å². The van der Waals surface area contributed by atoms with Crippen molar-refractivity contribution in [2.24, 2.45) is 11.5 Å². The molecule has 2 rings (SSSR count). The molecule has 0 saturated carbocycles. The number of hydrogen-bond acceptors (Lipinski definition) is 3. The number of benzene rings is 2. The van der Waals surface area contributed by atoms with Crippen LogP contribution in [0.3, 0.4) is 0 Å².